The zero-order valence-corrected chi connectivity index (χ0v) is 9.12. The van der Waals surface area contributed by atoms with Crippen molar-refractivity contribution in [1.29, 1.82) is 0 Å². The van der Waals surface area contributed by atoms with E-state index in [1.54, 1.807) is 11.0 Å². The maximum Gasteiger partial charge on any atom is 0.138 e. The minimum atomic E-state index is 0.233. The highest BCUT2D eigenvalue weighted by molar-refractivity contribution is 6.20. The topological polar surface area (TPSA) is 30.7 Å². The summed E-state index contributed by atoms with van der Waals surface area (Å²) >= 11 is 6.13. The van der Waals surface area contributed by atoms with Gasteiger partial charge < -0.3 is 0 Å². The Hall–Kier alpha value is -0.570. The van der Waals surface area contributed by atoms with Crippen LogP contribution in [0.1, 0.15) is 26.1 Å². The van der Waals surface area contributed by atoms with Crippen LogP contribution in [0, 0.1) is 5.92 Å². The van der Waals surface area contributed by atoms with E-state index in [0.717, 1.165) is 18.7 Å². The van der Waals surface area contributed by atoms with Gasteiger partial charge in [0, 0.05) is 18.8 Å². The molecule has 1 heterocycles. The van der Waals surface area contributed by atoms with Gasteiger partial charge in [0.15, 0.2) is 0 Å². The molecule has 1 rings (SSSR count). The van der Waals surface area contributed by atoms with Crippen LogP contribution < -0.4 is 0 Å². The first kappa shape index (κ1) is 10.5. The number of hydrogen-bond acceptors (Lipinski definition) is 2. The molecule has 74 valence electrons. The van der Waals surface area contributed by atoms with Crippen molar-refractivity contribution < 1.29 is 0 Å². The van der Waals surface area contributed by atoms with Crippen molar-refractivity contribution in [2.24, 2.45) is 13.0 Å². The summed E-state index contributed by atoms with van der Waals surface area (Å²) in [5, 5.41) is 4.25. The van der Waals surface area contributed by atoms with Crippen LogP contribution in [-0.2, 0) is 13.5 Å². The van der Waals surface area contributed by atoms with Crippen LogP contribution in [0.4, 0.5) is 0 Å². The van der Waals surface area contributed by atoms with E-state index in [4.69, 9.17) is 11.6 Å². The van der Waals surface area contributed by atoms with E-state index < -0.39 is 0 Å². The highest BCUT2D eigenvalue weighted by Crippen LogP contribution is 2.17. The molecule has 3 nitrogen and oxygen atoms in total. The van der Waals surface area contributed by atoms with Crippen LogP contribution in [0.15, 0.2) is 6.33 Å². The molecule has 0 spiro atoms. The molecule has 0 saturated carbocycles. The number of rotatable bonds is 4. The van der Waals surface area contributed by atoms with Gasteiger partial charge in [0.1, 0.15) is 12.2 Å². The lowest BCUT2D eigenvalue weighted by molar-refractivity contribution is 0.503. The van der Waals surface area contributed by atoms with Gasteiger partial charge in [0.2, 0.25) is 0 Å². The Morgan fingerprint density at radius 3 is 2.77 bits per heavy atom. The van der Waals surface area contributed by atoms with Crippen LogP contribution in [0.5, 0.6) is 0 Å². The first-order chi connectivity index (χ1) is 6.15. The summed E-state index contributed by atoms with van der Waals surface area (Å²) in [4.78, 5) is 4.17. The van der Waals surface area contributed by atoms with Gasteiger partial charge in [0.25, 0.3) is 0 Å². The second kappa shape index (κ2) is 4.61. The van der Waals surface area contributed by atoms with Gasteiger partial charge >= 0.3 is 0 Å². The Morgan fingerprint density at radius 1 is 1.62 bits per heavy atom. The lowest BCUT2D eigenvalue weighted by Gasteiger charge is -2.15. The van der Waals surface area contributed by atoms with Gasteiger partial charge in [-0.25, -0.2) is 4.98 Å². The monoisotopic (exact) mass is 201 g/mol. The Bertz CT molecular complexity index is 259. The van der Waals surface area contributed by atoms with Gasteiger partial charge in [0.05, 0.1) is 0 Å². The molecule has 0 aliphatic carbocycles. The molecule has 2 atom stereocenters. The molecule has 0 N–H and O–H groups in total. The Balaban J connectivity index is 2.54. The predicted molar refractivity (Wildman–Crippen MR) is 53.8 cm³/mol. The standard InChI is InChI=1S/C9H16ClN3/c1-4-8(10)7(2)5-9-11-6-12-13(9)3/h6-8H,4-5H2,1-3H3. The Labute approximate surface area is 84.1 Å². The molecule has 0 amide bonds. The summed E-state index contributed by atoms with van der Waals surface area (Å²) in [6.07, 6.45) is 3.48. The van der Waals surface area contributed by atoms with Crippen molar-refractivity contribution in [2.75, 3.05) is 0 Å². The number of alkyl halides is 1. The van der Waals surface area contributed by atoms with Crippen molar-refractivity contribution in [1.82, 2.24) is 14.8 Å². The third-order valence-corrected chi connectivity index (χ3v) is 3.06. The second-order valence-electron chi connectivity index (χ2n) is 3.41. The molecule has 0 aliphatic rings. The average Bonchev–Trinajstić information content (AvgIpc) is 2.50. The smallest absolute Gasteiger partial charge is 0.138 e. The van der Waals surface area contributed by atoms with E-state index in [-0.39, 0.29) is 5.38 Å². The second-order valence-corrected chi connectivity index (χ2v) is 3.97. The van der Waals surface area contributed by atoms with E-state index in [0.29, 0.717) is 5.92 Å². The Morgan fingerprint density at radius 2 is 2.31 bits per heavy atom. The van der Waals surface area contributed by atoms with Crippen LogP contribution in [0.3, 0.4) is 0 Å². The first-order valence-electron chi connectivity index (χ1n) is 4.62. The number of hydrogen-bond donors (Lipinski definition) is 0. The maximum atomic E-state index is 6.13. The molecule has 0 bridgehead atoms. The molecule has 13 heavy (non-hydrogen) atoms. The van der Waals surface area contributed by atoms with Crippen molar-refractivity contribution >= 4 is 11.6 Å². The molecule has 0 aromatic carbocycles. The fraction of sp³-hybridized carbons (Fsp3) is 0.778. The van der Waals surface area contributed by atoms with Gasteiger partial charge in [-0.3, -0.25) is 4.68 Å². The summed E-state index contributed by atoms with van der Waals surface area (Å²) in [6, 6.07) is 0. The SMILES string of the molecule is CCC(Cl)C(C)Cc1ncnn1C. The largest absolute Gasteiger partial charge is 0.253 e. The van der Waals surface area contributed by atoms with Crippen molar-refractivity contribution in [3.05, 3.63) is 12.2 Å². The molecule has 1 aromatic rings. The molecule has 4 heteroatoms. The van der Waals surface area contributed by atoms with E-state index in [9.17, 15) is 0 Å². The van der Waals surface area contributed by atoms with Gasteiger partial charge in [-0.1, -0.05) is 13.8 Å². The normalized spacial score (nSPS) is 15.7. The molecule has 1 aromatic heterocycles. The summed E-state index contributed by atoms with van der Waals surface area (Å²) in [5.74, 6) is 1.46. The quantitative estimate of drug-likeness (QED) is 0.698. The molecule has 0 saturated heterocycles. The van der Waals surface area contributed by atoms with E-state index in [2.05, 4.69) is 23.9 Å². The summed E-state index contributed by atoms with van der Waals surface area (Å²) in [7, 11) is 1.91. The minimum Gasteiger partial charge on any atom is -0.253 e. The fourth-order valence-electron chi connectivity index (χ4n) is 1.32. The molecule has 0 fully saturated rings. The molecular formula is C9H16ClN3. The predicted octanol–water partition coefficient (Wildman–Crippen LogP) is 2.01. The number of aryl methyl sites for hydroxylation is 1. The van der Waals surface area contributed by atoms with Crippen molar-refractivity contribution in [3.8, 4) is 0 Å². The van der Waals surface area contributed by atoms with Crippen LogP contribution >= 0.6 is 11.6 Å². The number of aromatic nitrogens is 3. The highest BCUT2D eigenvalue weighted by Gasteiger charge is 2.15. The van der Waals surface area contributed by atoms with Crippen LogP contribution in [0.25, 0.3) is 0 Å². The molecular weight excluding hydrogens is 186 g/mol. The zero-order chi connectivity index (χ0) is 9.84. The minimum absolute atomic E-state index is 0.233. The van der Waals surface area contributed by atoms with Crippen molar-refractivity contribution in [3.63, 3.8) is 0 Å². The summed E-state index contributed by atoms with van der Waals surface area (Å²) < 4.78 is 1.80. The number of nitrogens with zero attached hydrogens (tertiary/aromatic N) is 3. The third kappa shape index (κ3) is 2.69. The Kier molecular flexibility index (Phi) is 3.72. The van der Waals surface area contributed by atoms with Gasteiger partial charge in [-0.05, 0) is 12.3 Å². The lowest BCUT2D eigenvalue weighted by atomic mass is 10.0. The fourth-order valence-corrected chi connectivity index (χ4v) is 1.41. The summed E-state index contributed by atoms with van der Waals surface area (Å²) in [5.41, 5.74) is 0. The molecule has 0 aliphatic heterocycles. The van der Waals surface area contributed by atoms with E-state index in [1.165, 1.54) is 0 Å². The summed E-state index contributed by atoms with van der Waals surface area (Å²) in [6.45, 7) is 4.25. The maximum absolute atomic E-state index is 6.13. The first-order valence-corrected chi connectivity index (χ1v) is 5.05. The third-order valence-electron chi connectivity index (χ3n) is 2.32. The van der Waals surface area contributed by atoms with E-state index >= 15 is 0 Å². The molecule has 2 unspecified atom stereocenters. The average molecular weight is 202 g/mol. The van der Waals surface area contributed by atoms with E-state index in [1.807, 2.05) is 7.05 Å². The zero-order valence-electron chi connectivity index (χ0n) is 8.37. The van der Waals surface area contributed by atoms with Crippen LogP contribution in [-0.4, -0.2) is 20.1 Å². The van der Waals surface area contributed by atoms with Gasteiger partial charge in [-0.2, -0.15) is 5.10 Å². The molecule has 0 radical (unpaired) electrons. The van der Waals surface area contributed by atoms with Crippen molar-refractivity contribution in [2.45, 2.75) is 32.1 Å². The highest BCUT2D eigenvalue weighted by atomic mass is 35.5. The lowest BCUT2D eigenvalue weighted by Crippen LogP contribution is -2.15. The van der Waals surface area contributed by atoms with Gasteiger partial charge in [-0.15, -0.1) is 11.6 Å². The number of halogens is 1. The van der Waals surface area contributed by atoms with Crippen LogP contribution in [0.2, 0.25) is 0 Å².